The van der Waals surface area contributed by atoms with Crippen LogP contribution in [0.5, 0.6) is 0 Å². The summed E-state index contributed by atoms with van der Waals surface area (Å²) in [5.74, 6) is 5.87. The predicted octanol–water partition coefficient (Wildman–Crippen LogP) is 3.32. The molecule has 0 saturated heterocycles. The van der Waals surface area contributed by atoms with Gasteiger partial charge in [0.15, 0.2) is 6.20 Å². The zero-order valence-electron chi connectivity index (χ0n) is 18.9. The molecule has 2 aromatic carbocycles. The molecule has 0 spiro atoms. The van der Waals surface area contributed by atoms with E-state index in [0.29, 0.717) is 23.1 Å². The molecule has 1 N–H and O–H groups in total. The van der Waals surface area contributed by atoms with Crippen molar-refractivity contribution in [2.45, 2.75) is 6.92 Å². The quantitative estimate of drug-likeness (QED) is 0.254. The van der Waals surface area contributed by atoms with E-state index in [1.54, 1.807) is 42.0 Å². The fraction of sp³-hybridized carbons (Fsp3) is 0.0714. The van der Waals surface area contributed by atoms with Crippen molar-refractivity contribution >= 4 is 27.8 Å². The highest BCUT2D eigenvalue weighted by Gasteiger charge is 2.16. The van der Waals surface area contributed by atoms with Crippen molar-refractivity contribution in [1.82, 2.24) is 14.9 Å². The maximum atomic E-state index is 12.9. The first-order valence-electron chi connectivity index (χ1n) is 11.1. The maximum absolute atomic E-state index is 12.9. The van der Waals surface area contributed by atoms with Crippen molar-refractivity contribution in [3.63, 3.8) is 0 Å². The Bertz CT molecular complexity index is 1730. The third-order valence-corrected chi connectivity index (χ3v) is 5.58. The second-order valence-corrected chi connectivity index (χ2v) is 7.88. The maximum Gasteiger partial charge on any atom is 0.256 e. The van der Waals surface area contributed by atoms with Gasteiger partial charge in [0.1, 0.15) is 11.2 Å². The molecular weight excluding hydrogens is 440 g/mol. The van der Waals surface area contributed by atoms with E-state index in [1.165, 1.54) is 12.4 Å². The summed E-state index contributed by atoms with van der Waals surface area (Å²) >= 11 is 0. The van der Waals surface area contributed by atoms with Crippen molar-refractivity contribution < 1.29 is 9.52 Å². The first kappa shape index (κ1) is 21.9. The molecule has 0 bridgehead atoms. The first-order valence-corrected chi connectivity index (χ1v) is 11.1. The van der Waals surface area contributed by atoms with Gasteiger partial charge in [-0.2, -0.15) is 4.73 Å². The zero-order valence-corrected chi connectivity index (χ0v) is 18.9. The number of amides is 1. The Kier molecular flexibility index (Phi) is 5.70. The molecule has 0 atom stereocenters. The summed E-state index contributed by atoms with van der Waals surface area (Å²) in [5.41, 5.74) is 2.98. The number of carbonyl (C=O) groups excluding carboxylic acids is 1. The second-order valence-electron chi connectivity index (χ2n) is 7.88. The molecule has 0 aliphatic carbocycles. The largest absolute Gasteiger partial charge is 0.618 e. The highest BCUT2D eigenvalue weighted by molar-refractivity contribution is 5.97. The molecule has 1 amide bonds. The molecule has 35 heavy (non-hydrogen) atoms. The lowest BCUT2D eigenvalue weighted by Gasteiger charge is -2.13. The number of aromatic nitrogens is 3. The Balaban J connectivity index is 1.58. The number of rotatable bonds is 3. The highest BCUT2D eigenvalue weighted by atomic mass is 16.5. The first-order chi connectivity index (χ1) is 17.0. The number of fused-ring (bicyclic) bond motifs is 2. The summed E-state index contributed by atoms with van der Waals surface area (Å²) in [4.78, 5) is 29.8. The Labute approximate surface area is 200 Å². The van der Waals surface area contributed by atoms with E-state index in [9.17, 15) is 14.8 Å². The van der Waals surface area contributed by atoms with Crippen LogP contribution in [0.3, 0.4) is 0 Å². The van der Waals surface area contributed by atoms with E-state index in [0.717, 1.165) is 26.9 Å². The summed E-state index contributed by atoms with van der Waals surface area (Å²) in [5, 5.41) is 15.8. The number of hydrogen-bond donors (Lipinski definition) is 1. The van der Waals surface area contributed by atoms with Crippen LogP contribution in [0.15, 0.2) is 90.1 Å². The van der Waals surface area contributed by atoms with Gasteiger partial charge in [-0.05, 0) is 55.5 Å². The smallest absolute Gasteiger partial charge is 0.256 e. The zero-order chi connectivity index (χ0) is 24.4. The van der Waals surface area contributed by atoms with E-state index < -0.39 is 5.91 Å². The molecule has 0 radical (unpaired) electrons. The Morgan fingerprint density at radius 1 is 1.06 bits per heavy atom. The summed E-state index contributed by atoms with van der Waals surface area (Å²) in [6, 6.07) is 19.8. The summed E-state index contributed by atoms with van der Waals surface area (Å²) in [6.07, 6.45) is 4.60. The molecule has 7 nitrogen and oxygen atoms in total. The van der Waals surface area contributed by atoms with Crippen molar-refractivity contribution in [3.05, 3.63) is 117 Å². The number of nitrogens with zero attached hydrogens (tertiary/aromatic N) is 3. The van der Waals surface area contributed by atoms with Crippen LogP contribution < -0.4 is 15.5 Å². The third-order valence-electron chi connectivity index (χ3n) is 5.58. The Morgan fingerprint density at radius 2 is 1.89 bits per heavy atom. The molecule has 7 heteroatoms. The van der Waals surface area contributed by atoms with E-state index in [4.69, 9.17) is 0 Å². The van der Waals surface area contributed by atoms with E-state index in [-0.39, 0.29) is 11.0 Å². The van der Waals surface area contributed by atoms with Crippen LogP contribution in [0, 0.1) is 17.0 Å². The minimum atomic E-state index is -0.427. The van der Waals surface area contributed by atoms with Gasteiger partial charge >= 0.3 is 0 Å². The average Bonchev–Trinajstić information content (AvgIpc) is 2.88. The number of benzene rings is 2. The van der Waals surface area contributed by atoms with Crippen molar-refractivity contribution in [3.8, 4) is 17.5 Å². The van der Waals surface area contributed by atoms with Crippen LogP contribution in [-0.2, 0) is 0 Å². The van der Waals surface area contributed by atoms with Crippen LogP contribution >= 0.6 is 0 Å². The van der Waals surface area contributed by atoms with Gasteiger partial charge in [0.05, 0.1) is 5.39 Å². The summed E-state index contributed by atoms with van der Waals surface area (Å²) < 4.78 is 2.56. The average molecular weight is 460 g/mol. The summed E-state index contributed by atoms with van der Waals surface area (Å²) in [7, 11) is 0. The Morgan fingerprint density at radius 3 is 2.71 bits per heavy atom. The lowest BCUT2D eigenvalue weighted by atomic mass is 10.1. The fourth-order valence-corrected chi connectivity index (χ4v) is 3.92. The molecule has 0 unspecified atom stereocenters. The van der Waals surface area contributed by atoms with E-state index in [1.807, 2.05) is 42.5 Å². The van der Waals surface area contributed by atoms with E-state index in [2.05, 4.69) is 22.1 Å². The predicted molar refractivity (Wildman–Crippen MR) is 134 cm³/mol. The van der Waals surface area contributed by atoms with Gasteiger partial charge in [-0.1, -0.05) is 17.9 Å². The standard InChI is InChI=1S/C28H20N4O3/c1-2-29-28(34)24-18-31(27-23(26(24)33)9-4-14-30-27)22-8-3-6-19(17-22)10-11-20-12-13-25-21(16-20)7-5-15-32(25)35/h3-9,12-18H,2H2,1H3,(H,29,34). The molecule has 5 aromatic rings. The molecule has 0 aliphatic heterocycles. The van der Waals surface area contributed by atoms with Crippen LogP contribution in [-0.4, -0.2) is 22.0 Å². The van der Waals surface area contributed by atoms with Gasteiger partial charge in [-0.3, -0.25) is 9.59 Å². The number of pyridine rings is 3. The fourth-order valence-electron chi connectivity index (χ4n) is 3.92. The normalized spacial score (nSPS) is 10.7. The van der Waals surface area contributed by atoms with Gasteiger partial charge < -0.3 is 15.1 Å². The molecule has 0 aliphatic rings. The van der Waals surface area contributed by atoms with Gasteiger partial charge in [-0.15, -0.1) is 0 Å². The molecule has 3 heterocycles. The van der Waals surface area contributed by atoms with E-state index >= 15 is 0 Å². The van der Waals surface area contributed by atoms with Gasteiger partial charge in [-0.25, -0.2) is 4.98 Å². The van der Waals surface area contributed by atoms with Gasteiger partial charge in [0.25, 0.3) is 5.91 Å². The highest BCUT2D eigenvalue weighted by Crippen LogP contribution is 2.17. The number of carbonyl (C=O) groups is 1. The Hall–Kier alpha value is -4.96. The van der Waals surface area contributed by atoms with Gasteiger partial charge in [0, 0.05) is 53.3 Å². The summed E-state index contributed by atoms with van der Waals surface area (Å²) in [6.45, 7) is 2.22. The topological polar surface area (TPSA) is 90.9 Å². The minimum absolute atomic E-state index is 0.0515. The van der Waals surface area contributed by atoms with Crippen LogP contribution in [0.2, 0.25) is 0 Å². The van der Waals surface area contributed by atoms with Crippen molar-refractivity contribution in [1.29, 1.82) is 0 Å². The minimum Gasteiger partial charge on any atom is -0.618 e. The molecule has 3 aromatic heterocycles. The van der Waals surface area contributed by atoms with Crippen LogP contribution in [0.1, 0.15) is 28.4 Å². The second kappa shape index (κ2) is 9.12. The van der Waals surface area contributed by atoms with Crippen LogP contribution in [0.25, 0.3) is 27.6 Å². The third kappa shape index (κ3) is 4.21. The lowest BCUT2D eigenvalue weighted by Crippen LogP contribution is -2.29. The molecule has 5 rings (SSSR count). The molecular formula is C28H20N4O3. The monoisotopic (exact) mass is 460 g/mol. The molecule has 170 valence electrons. The number of nitrogens with one attached hydrogen (secondary N) is 1. The lowest BCUT2D eigenvalue weighted by molar-refractivity contribution is -0.577. The van der Waals surface area contributed by atoms with Crippen LogP contribution in [0.4, 0.5) is 0 Å². The SMILES string of the molecule is CCNC(=O)c1cn(-c2cccc(C#Cc3ccc4c(ccc[n+]4[O-])c3)c2)c2ncccc2c1=O. The van der Waals surface area contributed by atoms with Crippen molar-refractivity contribution in [2.75, 3.05) is 6.54 Å². The molecule has 0 saturated carbocycles. The molecule has 0 fully saturated rings. The van der Waals surface area contributed by atoms with Gasteiger partial charge in [0.2, 0.25) is 10.9 Å². The van der Waals surface area contributed by atoms with Crippen molar-refractivity contribution in [2.24, 2.45) is 0 Å². The number of hydrogen-bond acceptors (Lipinski definition) is 4.